The van der Waals surface area contributed by atoms with Gasteiger partial charge in [0.2, 0.25) is 0 Å². The number of ether oxygens (including phenoxy) is 1. The van der Waals surface area contributed by atoms with Crippen molar-refractivity contribution in [2.45, 2.75) is 26.3 Å². The predicted molar refractivity (Wildman–Crippen MR) is 148 cm³/mol. The van der Waals surface area contributed by atoms with E-state index in [1.165, 1.54) is 11.3 Å². The number of carbonyl (C=O) groups excluding carboxylic acids is 1. The molecule has 184 valence electrons. The summed E-state index contributed by atoms with van der Waals surface area (Å²) in [6.07, 6.45) is 0.635. The molecule has 1 spiro atoms. The third kappa shape index (κ3) is 3.52. The second kappa shape index (κ2) is 8.66. The van der Waals surface area contributed by atoms with Crippen LogP contribution in [0.3, 0.4) is 0 Å². The smallest absolute Gasteiger partial charge is 0.261 e. The Balaban J connectivity index is 1.43. The molecular weight excluding hydrogens is 516 g/mol. The molecule has 0 unspecified atom stereocenters. The van der Waals surface area contributed by atoms with E-state index in [1.807, 2.05) is 43.3 Å². The fourth-order valence-corrected chi connectivity index (χ4v) is 6.40. The van der Waals surface area contributed by atoms with Crippen molar-refractivity contribution in [3.8, 4) is 5.75 Å². The van der Waals surface area contributed by atoms with Crippen LogP contribution in [0.25, 0.3) is 0 Å². The first-order valence-corrected chi connectivity index (χ1v) is 13.1. The molecule has 0 N–H and O–H groups in total. The summed E-state index contributed by atoms with van der Waals surface area (Å²) >= 11 is 3.65. The van der Waals surface area contributed by atoms with Gasteiger partial charge in [-0.25, -0.2) is 0 Å². The summed E-state index contributed by atoms with van der Waals surface area (Å²) in [5.74, 6) is 0.898. The van der Waals surface area contributed by atoms with Crippen LogP contribution in [0.1, 0.15) is 18.1 Å². The third-order valence-corrected chi connectivity index (χ3v) is 8.45. The molecule has 3 aromatic carbocycles. The van der Waals surface area contributed by atoms with Crippen LogP contribution < -0.4 is 19.5 Å². The Labute approximate surface area is 220 Å². The molecule has 7 heteroatoms. The lowest BCUT2D eigenvalue weighted by Gasteiger charge is -2.53. The number of benzene rings is 3. The predicted octanol–water partition coefficient (Wildman–Crippen LogP) is 5.43. The minimum atomic E-state index is -0.732. The van der Waals surface area contributed by atoms with Crippen molar-refractivity contribution in [1.82, 2.24) is 0 Å². The average molecular weight is 545 g/mol. The molecule has 36 heavy (non-hydrogen) atoms. The van der Waals surface area contributed by atoms with Crippen LogP contribution in [0, 0.1) is 12.3 Å². The van der Waals surface area contributed by atoms with Gasteiger partial charge in [-0.15, -0.1) is 0 Å². The topological polar surface area (TPSA) is 48.4 Å². The van der Waals surface area contributed by atoms with Crippen LogP contribution in [0.4, 0.5) is 17.1 Å². The zero-order valence-corrected chi connectivity index (χ0v) is 22.3. The van der Waals surface area contributed by atoms with Gasteiger partial charge in [0.1, 0.15) is 11.2 Å². The van der Waals surface area contributed by atoms with E-state index in [2.05, 4.69) is 63.0 Å². The van der Waals surface area contributed by atoms with E-state index >= 15 is 0 Å². The maximum atomic E-state index is 14.4. The third-order valence-electron chi connectivity index (χ3n) is 7.96. The van der Waals surface area contributed by atoms with E-state index in [-0.39, 0.29) is 11.9 Å². The first-order valence-electron chi connectivity index (χ1n) is 12.3. The standard InChI is InChI=1S/C29H29BrN4O2/c1-19-4-7-24(8-5-19)34-28(35)29(20(2)31-34)17-21-16-22(30)6-13-26(21)33-15-14-32(18-27(29)33)23-9-11-25(36-3)12-10-23/h4-13,16,27H,14-15,17-18H2,1-3H3/t27-,29-/m1/s1. The number of nitrogens with zero attached hydrogens (tertiary/aromatic N) is 4. The highest BCUT2D eigenvalue weighted by Crippen LogP contribution is 2.49. The molecule has 0 bridgehead atoms. The van der Waals surface area contributed by atoms with Gasteiger partial charge in [0, 0.05) is 35.5 Å². The minimum absolute atomic E-state index is 0.0336. The number of piperazine rings is 1. The van der Waals surface area contributed by atoms with Crippen molar-refractivity contribution < 1.29 is 9.53 Å². The first-order chi connectivity index (χ1) is 17.4. The fraction of sp³-hybridized carbons (Fsp3) is 0.310. The molecule has 6 nitrogen and oxygen atoms in total. The number of hydrogen-bond donors (Lipinski definition) is 0. The quantitative estimate of drug-likeness (QED) is 0.441. The highest BCUT2D eigenvalue weighted by Gasteiger charge is 2.60. The number of aryl methyl sites for hydroxylation is 1. The minimum Gasteiger partial charge on any atom is -0.497 e. The van der Waals surface area contributed by atoms with E-state index in [0.29, 0.717) is 6.42 Å². The van der Waals surface area contributed by atoms with E-state index in [1.54, 1.807) is 12.1 Å². The second-order valence-electron chi connectivity index (χ2n) is 9.91. The fourth-order valence-electron chi connectivity index (χ4n) is 5.99. The van der Waals surface area contributed by atoms with E-state index in [0.717, 1.165) is 52.5 Å². The average Bonchev–Trinajstić information content (AvgIpc) is 3.14. The number of carbonyl (C=O) groups is 1. The summed E-state index contributed by atoms with van der Waals surface area (Å²) < 4.78 is 6.39. The van der Waals surface area contributed by atoms with Crippen LogP contribution in [-0.2, 0) is 11.2 Å². The summed E-state index contributed by atoms with van der Waals surface area (Å²) in [4.78, 5) is 19.2. The molecule has 3 aliphatic rings. The summed E-state index contributed by atoms with van der Waals surface area (Å²) in [7, 11) is 1.68. The van der Waals surface area contributed by atoms with Crippen molar-refractivity contribution >= 4 is 44.6 Å². The largest absolute Gasteiger partial charge is 0.497 e. The van der Waals surface area contributed by atoms with E-state index in [4.69, 9.17) is 9.84 Å². The van der Waals surface area contributed by atoms with Crippen molar-refractivity contribution in [2.75, 3.05) is 41.6 Å². The normalized spacial score (nSPS) is 23.0. The van der Waals surface area contributed by atoms with Crippen LogP contribution in [0.5, 0.6) is 5.75 Å². The molecule has 6 rings (SSSR count). The Morgan fingerprint density at radius 2 is 1.69 bits per heavy atom. The number of methoxy groups -OCH3 is 1. The Hall–Kier alpha value is -3.32. The molecule has 3 aliphatic heterocycles. The maximum Gasteiger partial charge on any atom is 0.261 e. The lowest BCUT2D eigenvalue weighted by Crippen LogP contribution is -2.67. The molecule has 0 aliphatic carbocycles. The molecule has 3 heterocycles. The van der Waals surface area contributed by atoms with Gasteiger partial charge in [0.25, 0.3) is 5.91 Å². The lowest BCUT2D eigenvalue weighted by molar-refractivity contribution is -0.125. The van der Waals surface area contributed by atoms with Crippen molar-refractivity contribution in [1.29, 1.82) is 0 Å². The number of anilines is 3. The zero-order chi connectivity index (χ0) is 25.0. The number of halogens is 1. The Kier molecular flexibility index (Phi) is 5.56. The maximum absolute atomic E-state index is 14.4. The summed E-state index contributed by atoms with van der Waals surface area (Å²) in [5.41, 5.74) is 5.67. The number of amides is 1. The van der Waals surface area contributed by atoms with Gasteiger partial charge >= 0.3 is 0 Å². The van der Waals surface area contributed by atoms with E-state index in [9.17, 15) is 4.79 Å². The molecule has 2 atom stereocenters. The van der Waals surface area contributed by atoms with Gasteiger partial charge < -0.3 is 14.5 Å². The van der Waals surface area contributed by atoms with Crippen LogP contribution in [0.15, 0.2) is 76.3 Å². The van der Waals surface area contributed by atoms with Crippen LogP contribution in [0.2, 0.25) is 0 Å². The molecule has 1 amide bonds. The Morgan fingerprint density at radius 3 is 2.42 bits per heavy atom. The summed E-state index contributed by atoms with van der Waals surface area (Å²) in [6.45, 7) is 6.52. The van der Waals surface area contributed by atoms with Gasteiger partial charge in [-0.3, -0.25) is 4.79 Å². The molecule has 3 aromatic rings. The van der Waals surface area contributed by atoms with Gasteiger partial charge in [0.05, 0.1) is 24.6 Å². The van der Waals surface area contributed by atoms with E-state index < -0.39 is 5.41 Å². The highest BCUT2D eigenvalue weighted by molar-refractivity contribution is 9.10. The van der Waals surface area contributed by atoms with Gasteiger partial charge in [0.15, 0.2) is 0 Å². The number of hydrogen-bond acceptors (Lipinski definition) is 5. The van der Waals surface area contributed by atoms with Gasteiger partial charge in [-0.1, -0.05) is 33.6 Å². The SMILES string of the molecule is COc1ccc(N2CCN3c4ccc(Br)cc4C[C@]4(C(=O)N(c5ccc(C)cc5)N=C4C)[C@H]3C2)cc1. The number of hydrazone groups is 1. The monoisotopic (exact) mass is 544 g/mol. The molecule has 0 aromatic heterocycles. The van der Waals surface area contributed by atoms with Crippen LogP contribution >= 0.6 is 15.9 Å². The van der Waals surface area contributed by atoms with Crippen molar-refractivity contribution in [3.05, 3.63) is 82.3 Å². The molecule has 0 saturated carbocycles. The van der Waals surface area contributed by atoms with Crippen molar-refractivity contribution in [2.24, 2.45) is 10.5 Å². The first kappa shape index (κ1) is 23.1. The highest BCUT2D eigenvalue weighted by atomic mass is 79.9. The summed E-state index contributed by atoms with van der Waals surface area (Å²) in [5, 5.41) is 6.51. The van der Waals surface area contributed by atoms with Gasteiger partial charge in [-0.05, 0) is 80.4 Å². The molecule has 1 saturated heterocycles. The zero-order valence-electron chi connectivity index (χ0n) is 20.7. The summed E-state index contributed by atoms with van der Waals surface area (Å²) in [6, 6.07) is 22.6. The van der Waals surface area contributed by atoms with Gasteiger partial charge in [-0.2, -0.15) is 10.1 Å². The molecular formula is C29H29BrN4O2. The van der Waals surface area contributed by atoms with Crippen molar-refractivity contribution in [3.63, 3.8) is 0 Å². The Bertz CT molecular complexity index is 1350. The molecule has 0 radical (unpaired) electrons. The molecule has 1 fully saturated rings. The lowest BCUT2D eigenvalue weighted by atomic mass is 9.67. The Morgan fingerprint density at radius 1 is 0.972 bits per heavy atom. The number of fused-ring (bicyclic) bond motifs is 4. The van der Waals surface area contributed by atoms with Crippen LogP contribution in [-0.4, -0.2) is 44.4 Å². The second-order valence-corrected chi connectivity index (χ2v) is 10.8. The number of rotatable bonds is 3.